The van der Waals surface area contributed by atoms with E-state index in [2.05, 4.69) is 14.8 Å². The number of carbonyl (C=O) groups excluding carboxylic acids is 1. The van der Waals surface area contributed by atoms with Crippen molar-refractivity contribution < 1.29 is 31.1 Å². The van der Waals surface area contributed by atoms with Gasteiger partial charge in [-0.25, -0.2) is 8.42 Å². The summed E-state index contributed by atoms with van der Waals surface area (Å²) >= 11 is 0. The topological polar surface area (TPSA) is 84.5 Å². The predicted molar refractivity (Wildman–Crippen MR) is 109 cm³/mol. The van der Waals surface area contributed by atoms with Crippen LogP contribution < -0.4 is 10.0 Å². The summed E-state index contributed by atoms with van der Waals surface area (Å²) in [7, 11) is -3.47. The zero-order valence-corrected chi connectivity index (χ0v) is 17.4. The van der Waals surface area contributed by atoms with Crippen molar-refractivity contribution in [2.75, 3.05) is 22.4 Å². The SMILES string of the molecule is CCCS(=O)(=O)Nc1cccc(NC(=O)c2ccc(COCC(F)(F)F)cc2)c1C. The molecule has 0 saturated heterocycles. The fraction of sp³-hybridized carbons (Fsp3) is 0.350. The smallest absolute Gasteiger partial charge is 0.367 e. The number of halogens is 3. The minimum Gasteiger partial charge on any atom is -0.367 e. The second-order valence-corrected chi connectivity index (χ2v) is 8.50. The Labute approximate surface area is 173 Å². The van der Waals surface area contributed by atoms with Crippen molar-refractivity contribution in [2.45, 2.75) is 33.1 Å². The molecule has 0 atom stereocenters. The number of carbonyl (C=O) groups is 1. The Balaban J connectivity index is 2.05. The molecule has 6 nitrogen and oxygen atoms in total. The summed E-state index contributed by atoms with van der Waals surface area (Å²) in [4.78, 5) is 12.5. The summed E-state index contributed by atoms with van der Waals surface area (Å²) in [5, 5.41) is 2.71. The molecule has 2 aromatic rings. The molecule has 0 saturated carbocycles. The first kappa shape index (κ1) is 23.7. The largest absolute Gasteiger partial charge is 0.411 e. The Morgan fingerprint density at radius 2 is 1.70 bits per heavy atom. The van der Waals surface area contributed by atoms with Crippen LogP contribution in [0.4, 0.5) is 24.5 Å². The lowest BCUT2D eigenvalue weighted by Gasteiger charge is -2.14. The van der Waals surface area contributed by atoms with Crippen molar-refractivity contribution in [1.82, 2.24) is 0 Å². The van der Waals surface area contributed by atoms with E-state index in [1.165, 1.54) is 24.3 Å². The molecule has 0 bridgehead atoms. The molecule has 1 amide bonds. The van der Waals surface area contributed by atoms with Gasteiger partial charge in [0.1, 0.15) is 6.61 Å². The lowest BCUT2D eigenvalue weighted by atomic mass is 10.1. The highest BCUT2D eigenvalue weighted by Crippen LogP contribution is 2.25. The number of ether oxygens (including phenoxy) is 1. The van der Waals surface area contributed by atoms with Gasteiger partial charge in [0, 0.05) is 11.3 Å². The van der Waals surface area contributed by atoms with E-state index in [1.54, 1.807) is 32.0 Å². The molecule has 0 heterocycles. The second kappa shape index (κ2) is 9.94. The van der Waals surface area contributed by atoms with Gasteiger partial charge in [0.2, 0.25) is 10.0 Å². The number of anilines is 2. The number of hydrogen-bond donors (Lipinski definition) is 2. The first-order valence-corrected chi connectivity index (χ1v) is 10.8. The number of rotatable bonds is 9. The first-order chi connectivity index (χ1) is 14.0. The average molecular weight is 444 g/mol. The predicted octanol–water partition coefficient (Wildman–Crippen LogP) is 4.48. The van der Waals surface area contributed by atoms with Crippen LogP contribution in [0.25, 0.3) is 0 Å². The molecule has 0 aliphatic heterocycles. The highest BCUT2D eigenvalue weighted by atomic mass is 32.2. The molecule has 0 aliphatic carbocycles. The molecule has 164 valence electrons. The van der Waals surface area contributed by atoms with Gasteiger partial charge in [0.05, 0.1) is 18.0 Å². The number of sulfonamides is 1. The molecule has 10 heteroatoms. The van der Waals surface area contributed by atoms with Crippen molar-refractivity contribution in [3.8, 4) is 0 Å². The maximum absolute atomic E-state index is 12.5. The molecule has 0 radical (unpaired) electrons. The Morgan fingerprint density at radius 3 is 2.30 bits per heavy atom. The van der Waals surface area contributed by atoms with Gasteiger partial charge in [-0.1, -0.05) is 25.1 Å². The maximum Gasteiger partial charge on any atom is 0.411 e. The van der Waals surface area contributed by atoms with E-state index in [1.807, 2.05) is 0 Å². The highest BCUT2D eigenvalue weighted by Gasteiger charge is 2.27. The lowest BCUT2D eigenvalue weighted by Crippen LogP contribution is -2.18. The second-order valence-electron chi connectivity index (χ2n) is 6.66. The van der Waals surface area contributed by atoms with E-state index >= 15 is 0 Å². The fourth-order valence-corrected chi connectivity index (χ4v) is 3.80. The van der Waals surface area contributed by atoms with E-state index < -0.39 is 28.7 Å². The zero-order chi connectivity index (χ0) is 22.4. The van der Waals surface area contributed by atoms with Gasteiger partial charge in [-0.2, -0.15) is 13.2 Å². The molecular weight excluding hydrogens is 421 g/mol. The van der Waals surface area contributed by atoms with Gasteiger partial charge in [-0.3, -0.25) is 9.52 Å². The van der Waals surface area contributed by atoms with E-state index in [0.29, 0.717) is 34.5 Å². The van der Waals surface area contributed by atoms with Crippen molar-refractivity contribution in [3.05, 3.63) is 59.2 Å². The van der Waals surface area contributed by atoms with Crippen LogP contribution in [0, 0.1) is 6.92 Å². The van der Waals surface area contributed by atoms with Crippen LogP contribution in [0.3, 0.4) is 0 Å². The Bertz CT molecular complexity index is 975. The summed E-state index contributed by atoms with van der Waals surface area (Å²) in [6, 6.07) is 10.8. The van der Waals surface area contributed by atoms with Crippen LogP contribution >= 0.6 is 0 Å². The van der Waals surface area contributed by atoms with Gasteiger partial charge < -0.3 is 10.1 Å². The van der Waals surface area contributed by atoms with Crippen molar-refractivity contribution in [3.63, 3.8) is 0 Å². The molecule has 2 N–H and O–H groups in total. The molecule has 2 aromatic carbocycles. The standard InChI is InChI=1S/C20H23F3N2O4S/c1-3-11-30(27,28)25-18-6-4-5-17(14(18)2)24-19(26)16-9-7-15(8-10-16)12-29-13-20(21,22)23/h4-10,25H,3,11-13H2,1-2H3,(H,24,26). The van der Waals surface area contributed by atoms with Gasteiger partial charge in [0.25, 0.3) is 5.91 Å². The van der Waals surface area contributed by atoms with E-state index in [-0.39, 0.29) is 12.4 Å². The molecule has 0 unspecified atom stereocenters. The molecular formula is C20H23F3N2O4S. The minimum absolute atomic E-state index is 0.0118. The summed E-state index contributed by atoms with van der Waals surface area (Å²) in [6.07, 6.45) is -3.92. The molecule has 0 spiro atoms. The quantitative estimate of drug-likeness (QED) is 0.597. The lowest BCUT2D eigenvalue weighted by molar-refractivity contribution is -0.176. The number of benzene rings is 2. The average Bonchev–Trinajstić information content (AvgIpc) is 2.64. The molecule has 0 aliphatic rings. The Morgan fingerprint density at radius 1 is 1.07 bits per heavy atom. The van der Waals surface area contributed by atoms with Gasteiger partial charge in [-0.15, -0.1) is 0 Å². The zero-order valence-electron chi connectivity index (χ0n) is 16.5. The van der Waals surface area contributed by atoms with Gasteiger partial charge in [0.15, 0.2) is 0 Å². The van der Waals surface area contributed by atoms with Crippen LogP contribution in [-0.4, -0.2) is 32.9 Å². The number of nitrogens with one attached hydrogen (secondary N) is 2. The van der Waals surface area contributed by atoms with Gasteiger partial charge >= 0.3 is 6.18 Å². The summed E-state index contributed by atoms with van der Waals surface area (Å²) < 4.78 is 67.4. The number of alkyl halides is 3. The minimum atomic E-state index is -4.39. The van der Waals surface area contributed by atoms with Crippen LogP contribution in [0.2, 0.25) is 0 Å². The van der Waals surface area contributed by atoms with Gasteiger partial charge in [-0.05, 0) is 48.7 Å². The third kappa shape index (κ3) is 7.34. The van der Waals surface area contributed by atoms with Crippen LogP contribution in [0.1, 0.15) is 34.8 Å². The van der Waals surface area contributed by atoms with Crippen LogP contribution in [-0.2, 0) is 21.4 Å². The summed E-state index contributed by atoms with van der Waals surface area (Å²) in [6.45, 7) is 1.88. The third-order valence-electron chi connectivity index (χ3n) is 4.07. The van der Waals surface area contributed by atoms with Crippen molar-refractivity contribution in [1.29, 1.82) is 0 Å². The summed E-state index contributed by atoms with van der Waals surface area (Å²) in [5.41, 5.74) is 2.17. The molecule has 30 heavy (non-hydrogen) atoms. The molecule has 0 aromatic heterocycles. The molecule has 2 rings (SSSR count). The Hall–Kier alpha value is -2.59. The van der Waals surface area contributed by atoms with E-state index in [4.69, 9.17) is 0 Å². The summed E-state index contributed by atoms with van der Waals surface area (Å²) in [5.74, 6) is -0.448. The normalized spacial score (nSPS) is 11.9. The van der Waals surface area contributed by atoms with Crippen molar-refractivity contribution in [2.24, 2.45) is 0 Å². The van der Waals surface area contributed by atoms with Crippen molar-refractivity contribution >= 4 is 27.3 Å². The monoisotopic (exact) mass is 444 g/mol. The number of amides is 1. The fourth-order valence-electron chi connectivity index (χ4n) is 2.60. The third-order valence-corrected chi connectivity index (χ3v) is 5.55. The Kier molecular flexibility index (Phi) is 7.85. The maximum atomic E-state index is 12.5. The van der Waals surface area contributed by atoms with Crippen LogP contribution in [0.5, 0.6) is 0 Å². The molecule has 0 fully saturated rings. The number of hydrogen-bond acceptors (Lipinski definition) is 4. The first-order valence-electron chi connectivity index (χ1n) is 9.15. The van der Waals surface area contributed by atoms with Crippen LogP contribution in [0.15, 0.2) is 42.5 Å². The van der Waals surface area contributed by atoms with E-state index in [9.17, 15) is 26.4 Å². The van der Waals surface area contributed by atoms with E-state index in [0.717, 1.165) is 0 Å². The highest BCUT2D eigenvalue weighted by molar-refractivity contribution is 7.92.